The number of ether oxygens (including phenoxy) is 1. The minimum Gasteiger partial charge on any atom is -0.483 e. The van der Waals surface area contributed by atoms with Gasteiger partial charge in [0.1, 0.15) is 11.3 Å². The SMILES string of the molecule is O=C(COc1ccc(C=Nn2c(-c3cc4ccccc4o3)nc3ccccc3c2=O)cc1Br)Nc1ccc(Cl)cc1. The summed E-state index contributed by atoms with van der Waals surface area (Å²) >= 11 is 9.37. The van der Waals surface area contributed by atoms with Crippen molar-refractivity contribution in [2.75, 3.05) is 11.9 Å². The van der Waals surface area contributed by atoms with Crippen LogP contribution in [0.5, 0.6) is 5.75 Å². The fraction of sp³-hybridized carbons (Fsp3) is 0.0323. The van der Waals surface area contributed by atoms with Gasteiger partial charge in [0.05, 0.1) is 21.6 Å². The van der Waals surface area contributed by atoms with Crippen molar-refractivity contribution in [3.63, 3.8) is 0 Å². The van der Waals surface area contributed by atoms with Crippen LogP contribution in [0.15, 0.2) is 116 Å². The predicted octanol–water partition coefficient (Wildman–Crippen LogP) is 7.13. The average Bonchev–Trinajstić information content (AvgIpc) is 3.42. The van der Waals surface area contributed by atoms with Gasteiger partial charge in [-0.15, -0.1) is 0 Å². The first-order chi connectivity index (χ1) is 19.9. The monoisotopic (exact) mass is 626 g/mol. The molecule has 1 amide bonds. The minimum atomic E-state index is -0.326. The van der Waals surface area contributed by atoms with Crippen LogP contribution in [-0.2, 0) is 4.79 Å². The zero-order chi connectivity index (χ0) is 28.3. The van der Waals surface area contributed by atoms with Crippen molar-refractivity contribution >= 4 is 67.2 Å². The number of carbonyl (C=O) groups excluding carboxylic acids is 1. The highest BCUT2D eigenvalue weighted by Crippen LogP contribution is 2.28. The standard InChI is InChI=1S/C31H20BrClN4O4/c32-24-15-19(9-14-27(24)40-18-29(38)35-22-12-10-21(33)11-13-22)17-34-37-30(28-16-20-5-1-4-8-26(20)41-28)36-25-7-3-2-6-23(25)31(37)39/h1-17H,18H2,(H,35,38). The molecule has 0 atom stereocenters. The molecule has 2 heterocycles. The molecule has 41 heavy (non-hydrogen) atoms. The molecular weight excluding hydrogens is 608 g/mol. The van der Waals surface area contributed by atoms with Gasteiger partial charge in [0.25, 0.3) is 11.5 Å². The lowest BCUT2D eigenvalue weighted by Gasteiger charge is -2.10. The van der Waals surface area contributed by atoms with Gasteiger partial charge in [-0.05, 0) is 88.2 Å². The van der Waals surface area contributed by atoms with E-state index >= 15 is 0 Å². The van der Waals surface area contributed by atoms with Gasteiger partial charge in [0.15, 0.2) is 12.4 Å². The van der Waals surface area contributed by atoms with Gasteiger partial charge in [-0.3, -0.25) is 9.59 Å². The minimum absolute atomic E-state index is 0.187. The highest BCUT2D eigenvalue weighted by molar-refractivity contribution is 9.10. The van der Waals surface area contributed by atoms with Crippen molar-refractivity contribution in [1.29, 1.82) is 0 Å². The van der Waals surface area contributed by atoms with E-state index in [1.54, 1.807) is 66.9 Å². The molecule has 1 N–H and O–H groups in total. The molecule has 0 bridgehead atoms. The number of furan rings is 1. The van der Waals surface area contributed by atoms with Crippen molar-refractivity contribution in [2.45, 2.75) is 0 Å². The quantitative estimate of drug-likeness (QED) is 0.190. The van der Waals surface area contributed by atoms with Crippen molar-refractivity contribution in [3.05, 3.63) is 122 Å². The Bertz CT molecular complexity index is 1970. The Labute approximate surface area is 247 Å². The number of benzene rings is 4. The van der Waals surface area contributed by atoms with Crippen LogP contribution in [0, 0.1) is 0 Å². The van der Waals surface area contributed by atoms with E-state index < -0.39 is 0 Å². The Morgan fingerprint density at radius 3 is 2.61 bits per heavy atom. The number of nitrogens with zero attached hydrogens (tertiary/aromatic N) is 3. The van der Waals surface area contributed by atoms with Crippen LogP contribution in [0.3, 0.4) is 0 Å². The van der Waals surface area contributed by atoms with Gasteiger partial charge in [-0.2, -0.15) is 9.78 Å². The summed E-state index contributed by atoms with van der Waals surface area (Å²) in [5.41, 5.74) is 2.21. The molecule has 0 unspecified atom stereocenters. The third kappa shape index (κ3) is 5.77. The molecule has 0 aliphatic heterocycles. The van der Waals surface area contributed by atoms with Gasteiger partial charge < -0.3 is 14.5 Å². The number of hydrogen-bond acceptors (Lipinski definition) is 6. The molecule has 202 valence electrons. The van der Waals surface area contributed by atoms with Crippen LogP contribution >= 0.6 is 27.5 Å². The highest BCUT2D eigenvalue weighted by atomic mass is 79.9. The number of para-hydroxylation sites is 2. The number of aromatic nitrogens is 2. The maximum Gasteiger partial charge on any atom is 0.282 e. The predicted molar refractivity (Wildman–Crippen MR) is 164 cm³/mol. The molecule has 10 heteroatoms. The molecule has 0 spiro atoms. The van der Waals surface area contributed by atoms with Crippen molar-refractivity contribution in [1.82, 2.24) is 9.66 Å². The van der Waals surface area contributed by atoms with Gasteiger partial charge in [0, 0.05) is 16.1 Å². The van der Waals surface area contributed by atoms with Crippen LogP contribution in [-0.4, -0.2) is 28.4 Å². The first-order valence-electron chi connectivity index (χ1n) is 12.5. The lowest BCUT2D eigenvalue weighted by atomic mass is 10.2. The second-order valence-electron chi connectivity index (χ2n) is 9.00. The number of nitrogens with one attached hydrogen (secondary N) is 1. The molecule has 0 aliphatic rings. The van der Waals surface area contributed by atoms with Crippen molar-refractivity contribution < 1.29 is 13.9 Å². The largest absolute Gasteiger partial charge is 0.483 e. The second kappa shape index (κ2) is 11.4. The van der Waals surface area contributed by atoms with Gasteiger partial charge >= 0.3 is 0 Å². The normalized spacial score (nSPS) is 11.4. The molecule has 2 aromatic heterocycles. The Morgan fingerprint density at radius 2 is 1.80 bits per heavy atom. The summed E-state index contributed by atoms with van der Waals surface area (Å²) < 4.78 is 13.5. The maximum atomic E-state index is 13.5. The number of carbonyl (C=O) groups is 1. The molecule has 8 nitrogen and oxygen atoms in total. The van der Waals surface area contributed by atoms with E-state index in [0.717, 1.165) is 5.39 Å². The number of fused-ring (bicyclic) bond motifs is 2. The van der Waals surface area contributed by atoms with E-state index in [1.165, 1.54) is 4.68 Å². The number of anilines is 1. The van der Waals surface area contributed by atoms with E-state index in [1.807, 2.05) is 36.4 Å². The summed E-state index contributed by atoms with van der Waals surface area (Å²) in [6, 6.07) is 28.6. The first kappa shape index (κ1) is 26.5. The summed E-state index contributed by atoms with van der Waals surface area (Å²) in [4.78, 5) is 30.5. The first-order valence-corrected chi connectivity index (χ1v) is 13.6. The zero-order valence-corrected chi connectivity index (χ0v) is 23.6. The fourth-order valence-corrected chi connectivity index (χ4v) is 4.83. The fourth-order valence-electron chi connectivity index (χ4n) is 4.19. The summed E-state index contributed by atoms with van der Waals surface area (Å²) in [7, 11) is 0. The second-order valence-corrected chi connectivity index (χ2v) is 10.3. The molecule has 0 saturated carbocycles. The van der Waals surface area contributed by atoms with Gasteiger partial charge in [0.2, 0.25) is 5.82 Å². The van der Waals surface area contributed by atoms with Crippen LogP contribution in [0.25, 0.3) is 33.5 Å². The molecular formula is C31H20BrClN4O4. The molecule has 6 rings (SSSR count). The van der Waals surface area contributed by atoms with Gasteiger partial charge in [-0.1, -0.05) is 41.9 Å². The van der Waals surface area contributed by atoms with E-state index in [-0.39, 0.29) is 23.9 Å². The average molecular weight is 628 g/mol. The summed E-state index contributed by atoms with van der Waals surface area (Å²) in [5.74, 6) is 0.868. The molecule has 0 aliphatic carbocycles. The van der Waals surface area contributed by atoms with E-state index in [4.69, 9.17) is 25.7 Å². The van der Waals surface area contributed by atoms with E-state index in [0.29, 0.717) is 48.7 Å². The summed E-state index contributed by atoms with van der Waals surface area (Å²) in [6.07, 6.45) is 1.55. The number of rotatable bonds is 7. The maximum absolute atomic E-state index is 13.5. The molecule has 4 aromatic carbocycles. The third-order valence-electron chi connectivity index (χ3n) is 6.16. The molecule has 0 radical (unpaired) electrons. The highest BCUT2D eigenvalue weighted by Gasteiger charge is 2.16. The Hall–Kier alpha value is -4.73. The number of halogens is 2. The summed E-state index contributed by atoms with van der Waals surface area (Å²) in [6.45, 7) is -0.187. The summed E-state index contributed by atoms with van der Waals surface area (Å²) in [5, 5.41) is 9.15. The zero-order valence-electron chi connectivity index (χ0n) is 21.3. The third-order valence-corrected chi connectivity index (χ3v) is 7.04. The van der Waals surface area contributed by atoms with E-state index in [2.05, 4.69) is 26.3 Å². The van der Waals surface area contributed by atoms with Crippen LogP contribution in [0.1, 0.15) is 5.56 Å². The van der Waals surface area contributed by atoms with Crippen molar-refractivity contribution in [3.8, 4) is 17.3 Å². The van der Waals surface area contributed by atoms with Crippen LogP contribution in [0.4, 0.5) is 5.69 Å². The molecule has 0 fully saturated rings. The smallest absolute Gasteiger partial charge is 0.282 e. The Balaban J connectivity index is 1.25. The number of hydrogen-bond donors (Lipinski definition) is 1. The lowest BCUT2D eigenvalue weighted by Crippen LogP contribution is -2.20. The topological polar surface area (TPSA) is 98.7 Å². The van der Waals surface area contributed by atoms with Gasteiger partial charge in [-0.25, -0.2) is 4.98 Å². The van der Waals surface area contributed by atoms with Crippen LogP contribution < -0.4 is 15.6 Å². The molecule has 6 aromatic rings. The van der Waals surface area contributed by atoms with Crippen molar-refractivity contribution in [2.24, 2.45) is 5.10 Å². The molecule has 0 saturated heterocycles. The lowest BCUT2D eigenvalue weighted by molar-refractivity contribution is -0.118. The number of amides is 1. The Morgan fingerprint density at radius 1 is 1.02 bits per heavy atom. The van der Waals surface area contributed by atoms with E-state index in [9.17, 15) is 9.59 Å². The van der Waals surface area contributed by atoms with Crippen LogP contribution in [0.2, 0.25) is 5.02 Å². The Kier molecular flexibility index (Phi) is 7.37.